The zero-order valence-corrected chi connectivity index (χ0v) is 18.7. The van der Waals surface area contributed by atoms with Crippen molar-refractivity contribution in [3.8, 4) is 23.0 Å². The number of methoxy groups -OCH3 is 2. The van der Waals surface area contributed by atoms with Gasteiger partial charge < -0.3 is 24.3 Å². The predicted octanol–water partition coefficient (Wildman–Crippen LogP) is 3.87. The summed E-state index contributed by atoms with van der Waals surface area (Å²) in [4.78, 5) is 28.4. The Morgan fingerprint density at radius 1 is 0.794 bits per heavy atom. The third-order valence-electron chi connectivity index (χ3n) is 5.55. The number of hydrogen-bond donors (Lipinski definition) is 1. The first kappa shape index (κ1) is 21.4. The lowest BCUT2D eigenvalue weighted by molar-refractivity contribution is -0.120. The second-order valence-corrected chi connectivity index (χ2v) is 7.62. The van der Waals surface area contributed by atoms with Crippen LogP contribution in [-0.4, -0.2) is 39.2 Å². The number of anilines is 2. The molecule has 5 rings (SSSR count). The van der Waals surface area contributed by atoms with E-state index >= 15 is 0 Å². The van der Waals surface area contributed by atoms with Gasteiger partial charge in [-0.1, -0.05) is 30.3 Å². The van der Waals surface area contributed by atoms with Crippen LogP contribution >= 0.6 is 0 Å². The fourth-order valence-corrected chi connectivity index (χ4v) is 3.94. The van der Waals surface area contributed by atoms with Gasteiger partial charge in [0.2, 0.25) is 0 Å². The highest BCUT2D eigenvalue weighted by atomic mass is 16.6. The van der Waals surface area contributed by atoms with Crippen LogP contribution in [0.2, 0.25) is 0 Å². The molecule has 0 aromatic heterocycles. The maximum atomic E-state index is 13.6. The summed E-state index contributed by atoms with van der Waals surface area (Å²) < 4.78 is 21.9. The lowest BCUT2D eigenvalue weighted by atomic mass is 10.0. The van der Waals surface area contributed by atoms with Crippen molar-refractivity contribution in [1.29, 1.82) is 0 Å². The van der Waals surface area contributed by atoms with E-state index in [1.54, 1.807) is 48.5 Å². The van der Waals surface area contributed by atoms with Crippen LogP contribution in [0.25, 0.3) is 5.57 Å². The molecule has 34 heavy (non-hydrogen) atoms. The molecule has 3 aromatic rings. The average Bonchev–Trinajstić information content (AvgIpc) is 3.12. The molecule has 0 saturated heterocycles. The first-order chi connectivity index (χ1) is 16.6. The number of ether oxygens (including phenoxy) is 4. The normalized spacial score (nSPS) is 14.9. The second kappa shape index (κ2) is 8.82. The highest BCUT2D eigenvalue weighted by Crippen LogP contribution is 2.38. The Labute approximate surface area is 196 Å². The Hall–Kier alpha value is -4.46. The third kappa shape index (κ3) is 3.79. The molecule has 0 bridgehead atoms. The van der Waals surface area contributed by atoms with Crippen LogP contribution in [0.4, 0.5) is 11.4 Å². The molecule has 0 saturated carbocycles. The van der Waals surface area contributed by atoms with E-state index in [9.17, 15) is 9.59 Å². The van der Waals surface area contributed by atoms with E-state index in [1.165, 1.54) is 14.2 Å². The van der Waals surface area contributed by atoms with Crippen LogP contribution < -0.4 is 29.2 Å². The van der Waals surface area contributed by atoms with E-state index in [0.717, 1.165) is 4.90 Å². The van der Waals surface area contributed by atoms with Crippen molar-refractivity contribution in [3.05, 3.63) is 78.0 Å². The molecule has 0 atom stereocenters. The number of carbonyl (C=O) groups excluding carboxylic acids is 2. The number of benzene rings is 3. The van der Waals surface area contributed by atoms with E-state index in [-0.39, 0.29) is 11.3 Å². The Bertz CT molecular complexity index is 1280. The monoisotopic (exact) mass is 458 g/mol. The van der Waals surface area contributed by atoms with Gasteiger partial charge in [0, 0.05) is 30.0 Å². The molecule has 2 aliphatic heterocycles. The minimum Gasteiger partial charge on any atom is -0.497 e. The average molecular weight is 458 g/mol. The maximum Gasteiger partial charge on any atom is 0.282 e. The number of imide groups is 1. The van der Waals surface area contributed by atoms with Crippen molar-refractivity contribution in [2.24, 2.45) is 0 Å². The van der Waals surface area contributed by atoms with Gasteiger partial charge in [-0.05, 0) is 17.7 Å². The van der Waals surface area contributed by atoms with Crippen molar-refractivity contribution < 1.29 is 28.5 Å². The van der Waals surface area contributed by atoms with Crippen molar-refractivity contribution in [2.75, 3.05) is 37.7 Å². The van der Waals surface area contributed by atoms with Crippen LogP contribution in [0.5, 0.6) is 23.0 Å². The van der Waals surface area contributed by atoms with Gasteiger partial charge in [0.25, 0.3) is 11.8 Å². The maximum absolute atomic E-state index is 13.6. The van der Waals surface area contributed by atoms with Gasteiger partial charge in [-0.15, -0.1) is 0 Å². The quantitative estimate of drug-likeness (QED) is 0.561. The number of nitrogens with zero attached hydrogens (tertiary/aromatic N) is 1. The summed E-state index contributed by atoms with van der Waals surface area (Å²) in [5.41, 5.74) is 1.99. The zero-order valence-electron chi connectivity index (χ0n) is 18.7. The summed E-state index contributed by atoms with van der Waals surface area (Å²) in [6.45, 7) is 0.923. The molecule has 0 fully saturated rings. The minimum atomic E-state index is -0.492. The van der Waals surface area contributed by atoms with Gasteiger partial charge in [-0.25, -0.2) is 4.90 Å². The van der Waals surface area contributed by atoms with Gasteiger partial charge in [0.1, 0.15) is 30.4 Å². The largest absolute Gasteiger partial charge is 0.497 e. The zero-order chi connectivity index (χ0) is 23.7. The molecule has 0 unspecified atom stereocenters. The van der Waals surface area contributed by atoms with Crippen molar-refractivity contribution in [3.63, 3.8) is 0 Å². The molecule has 0 aliphatic carbocycles. The number of fused-ring (bicyclic) bond motifs is 1. The van der Waals surface area contributed by atoms with Crippen LogP contribution in [-0.2, 0) is 9.59 Å². The van der Waals surface area contributed by atoms with E-state index in [1.807, 2.05) is 18.2 Å². The van der Waals surface area contributed by atoms with Crippen molar-refractivity contribution >= 4 is 28.8 Å². The van der Waals surface area contributed by atoms with Gasteiger partial charge in [-0.3, -0.25) is 9.59 Å². The fraction of sp³-hybridized carbons (Fsp3) is 0.154. The molecule has 0 radical (unpaired) electrons. The molecule has 0 spiro atoms. The molecular weight excluding hydrogens is 436 g/mol. The Morgan fingerprint density at radius 3 is 2.15 bits per heavy atom. The van der Waals surface area contributed by atoms with Gasteiger partial charge in [-0.2, -0.15) is 0 Å². The Kier molecular flexibility index (Phi) is 5.55. The van der Waals surface area contributed by atoms with Gasteiger partial charge in [0.05, 0.1) is 25.5 Å². The highest BCUT2D eigenvalue weighted by molar-refractivity contribution is 6.46. The fourth-order valence-electron chi connectivity index (χ4n) is 3.94. The topological polar surface area (TPSA) is 86.3 Å². The summed E-state index contributed by atoms with van der Waals surface area (Å²) in [6, 6.07) is 19.3. The lowest BCUT2D eigenvalue weighted by Crippen LogP contribution is -2.32. The Morgan fingerprint density at radius 2 is 1.47 bits per heavy atom. The molecule has 2 aliphatic rings. The SMILES string of the molecule is COc1cc(OC)cc(N2C(=O)C(Nc3ccc4c(c3)OCCO4)=C(c3ccccc3)C2=O)c1. The smallest absolute Gasteiger partial charge is 0.282 e. The summed E-state index contributed by atoms with van der Waals surface area (Å²) >= 11 is 0. The van der Waals surface area contributed by atoms with E-state index < -0.39 is 11.8 Å². The lowest BCUT2D eigenvalue weighted by Gasteiger charge is -2.19. The summed E-state index contributed by atoms with van der Waals surface area (Å²) in [5.74, 6) is 1.19. The Balaban J connectivity index is 1.58. The predicted molar refractivity (Wildman–Crippen MR) is 126 cm³/mol. The molecule has 1 N–H and O–H groups in total. The molecule has 172 valence electrons. The number of amides is 2. The molecule has 3 aromatic carbocycles. The molecule has 2 heterocycles. The summed E-state index contributed by atoms with van der Waals surface area (Å²) in [7, 11) is 3.02. The first-order valence-corrected chi connectivity index (χ1v) is 10.7. The number of carbonyl (C=O) groups is 2. The van der Waals surface area contributed by atoms with Crippen LogP contribution in [0.1, 0.15) is 5.56 Å². The van der Waals surface area contributed by atoms with Crippen LogP contribution in [0, 0.1) is 0 Å². The standard InChI is InChI=1S/C26H22N2O6/c1-31-19-13-18(14-20(15-19)32-2)28-25(29)23(16-6-4-3-5-7-16)24(26(28)30)27-17-8-9-21-22(12-17)34-11-10-33-21/h3-9,12-15,27H,10-11H2,1-2H3. The van der Waals surface area contributed by atoms with E-state index in [2.05, 4.69) is 5.32 Å². The molecule has 2 amide bonds. The number of rotatable bonds is 6. The molecule has 8 heteroatoms. The van der Waals surface area contributed by atoms with Crippen LogP contribution in [0.15, 0.2) is 72.4 Å². The molecule has 8 nitrogen and oxygen atoms in total. The summed E-state index contributed by atoms with van der Waals surface area (Å²) in [6.07, 6.45) is 0. The van der Waals surface area contributed by atoms with Gasteiger partial charge in [0.15, 0.2) is 11.5 Å². The molecular formula is C26H22N2O6. The number of hydrogen-bond acceptors (Lipinski definition) is 7. The van der Waals surface area contributed by atoms with E-state index in [4.69, 9.17) is 18.9 Å². The summed E-state index contributed by atoms with van der Waals surface area (Å²) in [5, 5.41) is 3.15. The van der Waals surface area contributed by atoms with Crippen molar-refractivity contribution in [1.82, 2.24) is 0 Å². The highest BCUT2D eigenvalue weighted by Gasteiger charge is 2.40. The van der Waals surface area contributed by atoms with Crippen LogP contribution in [0.3, 0.4) is 0 Å². The second-order valence-electron chi connectivity index (χ2n) is 7.62. The third-order valence-corrected chi connectivity index (χ3v) is 5.55. The number of nitrogens with one attached hydrogen (secondary N) is 1. The van der Waals surface area contributed by atoms with Crippen molar-refractivity contribution in [2.45, 2.75) is 0 Å². The minimum absolute atomic E-state index is 0.162. The van der Waals surface area contributed by atoms with E-state index in [0.29, 0.717) is 53.2 Å². The first-order valence-electron chi connectivity index (χ1n) is 10.7. The van der Waals surface area contributed by atoms with Gasteiger partial charge >= 0.3 is 0 Å².